The SMILES string of the molecule is CC.CC(C)Cc1ccc(C2CNC2)cc1. The van der Waals surface area contributed by atoms with Crippen LogP contribution in [0.1, 0.15) is 44.7 Å². The molecule has 1 fully saturated rings. The molecule has 16 heavy (non-hydrogen) atoms. The summed E-state index contributed by atoms with van der Waals surface area (Å²) in [5.41, 5.74) is 2.97. The second-order valence-electron chi connectivity index (χ2n) is 4.69. The van der Waals surface area contributed by atoms with Crippen molar-refractivity contribution < 1.29 is 0 Å². The normalized spacial score (nSPS) is 15.3. The maximum absolute atomic E-state index is 3.31. The predicted octanol–water partition coefficient (Wildman–Crippen LogP) is 3.60. The predicted molar refractivity (Wildman–Crippen MR) is 71.9 cm³/mol. The van der Waals surface area contributed by atoms with Crippen LogP contribution in [0.5, 0.6) is 0 Å². The van der Waals surface area contributed by atoms with Crippen LogP contribution in [0.3, 0.4) is 0 Å². The highest BCUT2D eigenvalue weighted by molar-refractivity contribution is 5.27. The molecule has 0 saturated carbocycles. The third-order valence-electron chi connectivity index (χ3n) is 2.88. The Balaban J connectivity index is 0.000000606. The van der Waals surface area contributed by atoms with Crippen molar-refractivity contribution >= 4 is 0 Å². The summed E-state index contributed by atoms with van der Waals surface area (Å²) in [4.78, 5) is 0. The molecular formula is C15H25N. The molecule has 0 aromatic heterocycles. The average Bonchev–Trinajstić information content (AvgIpc) is 2.20. The highest BCUT2D eigenvalue weighted by atomic mass is 14.9. The van der Waals surface area contributed by atoms with E-state index in [0.29, 0.717) is 0 Å². The fraction of sp³-hybridized carbons (Fsp3) is 0.600. The minimum atomic E-state index is 0.756. The smallest absolute Gasteiger partial charge is 0.00885 e. The van der Waals surface area contributed by atoms with E-state index in [9.17, 15) is 0 Å². The zero-order valence-corrected chi connectivity index (χ0v) is 11.1. The van der Waals surface area contributed by atoms with Gasteiger partial charge in [0.25, 0.3) is 0 Å². The Kier molecular flexibility index (Phi) is 5.54. The van der Waals surface area contributed by atoms with Crippen molar-refractivity contribution in [3.05, 3.63) is 35.4 Å². The molecule has 0 unspecified atom stereocenters. The van der Waals surface area contributed by atoms with Crippen molar-refractivity contribution in [2.24, 2.45) is 5.92 Å². The van der Waals surface area contributed by atoms with E-state index in [-0.39, 0.29) is 0 Å². The van der Waals surface area contributed by atoms with Crippen LogP contribution in [0.4, 0.5) is 0 Å². The average molecular weight is 219 g/mol. The van der Waals surface area contributed by atoms with E-state index >= 15 is 0 Å². The summed E-state index contributed by atoms with van der Waals surface area (Å²) in [6, 6.07) is 9.16. The second kappa shape index (κ2) is 6.70. The first kappa shape index (κ1) is 13.2. The maximum atomic E-state index is 3.31. The van der Waals surface area contributed by atoms with Crippen molar-refractivity contribution in [3.63, 3.8) is 0 Å². The van der Waals surface area contributed by atoms with Crippen molar-refractivity contribution in [2.75, 3.05) is 13.1 Å². The molecule has 1 aromatic carbocycles. The van der Waals surface area contributed by atoms with E-state index in [1.54, 1.807) is 0 Å². The number of benzene rings is 1. The van der Waals surface area contributed by atoms with Crippen LogP contribution in [-0.4, -0.2) is 13.1 Å². The molecule has 0 spiro atoms. The van der Waals surface area contributed by atoms with Crippen LogP contribution in [-0.2, 0) is 6.42 Å². The van der Waals surface area contributed by atoms with Crippen LogP contribution in [0.15, 0.2) is 24.3 Å². The number of nitrogens with one attached hydrogen (secondary N) is 1. The van der Waals surface area contributed by atoms with Crippen molar-refractivity contribution in [3.8, 4) is 0 Å². The molecule has 1 N–H and O–H groups in total. The third kappa shape index (κ3) is 3.64. The van der Waals surface area contributed by atoms with E-state index in [2.05, 4.69) is 43.4 Å². The van der Waals surface area contributed by atoms with Crippen LogP contribution in [0.25, 0.3) is 0 Å². The van der Waals surface area contributed by atoms with Gasteiger partial charge in [0, 0.05) is 19.0 Å². The Morgan fingerprint density at radius 2 is 1.69 bits per heavy atom. The quantitative estimate of drug-likeness (QED) is 0.819. The van der Waals surface area contributed by atoms with E-state index in [0.717, 1.165) is 24.9 Å². The highest BCUT2D eigenvalue weighted by Crippen LogP contribution is 2.20. The molecule has 1 heteroatoms. The van der Waals surface area contributed by atoms with Gasteiger partial charge in [-0.3, -0.25) is 0 Å². The lowest BCUT2D eigenvalue weighted by Gasteiger charge is -2.27. The Bertz CT molecular complexity index is 283. The van der Waals surface area contributed by atoms with E-state index in [1.807, 2.05) is 13.8 Å². The summed E-state index contributed by atoms with van der Waals surface area (Å²) in [5.74, 6) is 1.52. The molecule has 0 radical (unpaired) electrons. The third-order valence-corrected chi connectivity index (χ3v) is 2.88. The molecule has 1 nitrogen and oxygen atoms in total. The van der Waals surface area contributed by atoms with Gasteiger partial charge in [-0.1, -0.05) is 52.0 Å². The van der Waals surface area contributed by atoms with Gasteiger partial charge in [0.15, 0.2) is 0 Å². The van der Waals surface area contributed by atoms with Gasteiger partial charge in [0.05, 0.1) is 0 Å². The van der Waals surface area contributed by atoms with Crippen LogP contribution < -0.4 is 5.32 Å². The van der Waals surface area contributed by atoms with Gasteiger partial charge in [0.2, 0.25) is 0 Å². The van der Waals surface area contributed by atoms with Gasteiger partial charge in [0.1, 0.15) is 0 Å². The largest absolute Gasteiger partial charge is 0.315 e. The van der Waals surface area contributed by atoms with E-state index < -0.39 is 0 Å². The van der Waals surface area contributed by atoms with Crippen molar-refractivity contribution in [1.29, 1.82) is 0 Å². The van der Waals surface area contributed by atoms with Crippen LogP contribution in [0.2, 0.25) is 0 Å². The lowest BCUT2D eigenvalue weighted by molar-refractivity contribution is 0.448. The Hall–Kier alpha value is -0.820. The fourth-order valence-corrected chi connectivity index (χ4v) is 1.92. The Morgan fingerprint density at radius 3 is 2.06 bits per heavy atom. The summed E-state index contributed by atoms with van der Waals surface area (Å²) in [6.07, 6.45) is 1.20. The summed E-state index contributed by atoms with van der Waals surface area (Å²) < 4.78 is 0. The van der Waals surface area contributed by atoms with Gasteiger partial charge in [-0.2, -0.15) is 0 Å². The summed E-state index contributed by atoms with van der Waals surface area (Å²) in [6.45, 7) is 10.8. The monoisotopic (exact) mass is 219 g/mol. The Labute approximate surface area is 100 Å². The first-order valence-electron chi connectivity index (χ1n) is 6.55. The number of hydrogen-bond acceptors (Lipinski definition) is 1. The van der Waals surface area contributed by atoms with Crippen LogP contribution >= 0.6 is 0 Å². The minimum Gasteiger partial charge on any atom is -0.315 e. The van der Waals surface area contributed by atoms with Crippen molar-refractivity contribution in [1.82, 2.24) is 5.32 Å². The number of hydrogen-bond donors (Lipinski definition) is 1. The van der Waals surface area contributed by atoms with Crippen LogP contribution in [0, 0.1) is 5.92 Å². The minimum absolute atomic E-state index is 0.756. The second-order valence-corrected chi connectivity index (χ2v) is 4.69. The molecule has 1 aromatic rings. The van der Waals surface area contributed by atoms with Gasteiger partial charge in [-0.25, -0.2) is 0 Å². The standard InChI is InChI=1S/C13H19N.C2H6/c1-10(2)7-11-3-5-12(6-4-11)13-8-14-9-13;1-2/h3-6,10,13-14H,7-9H2,1-2H3;1-2H3. The first-order chi connectivity index (χ1) is 7.75. The molecule has 0 aliphatic carbocycles. The molecule has 1 aliphatic rings. The molecule has 0 bridgehead atoms. The van der Waals surface area contributed by atoms with Gasteiger partial charge in [-0.05, 0) is 23.5 Å². The van der Waals surface area contributed by atoms with Gasteiger partial charge in [-0.15, -0.1) is 0 Å². The van der Waals surface area contributed by atoms with Crippen molar-refractivity contribution in [2.45, 2.75) is 40.0 Å². The van der Waals surface area contributed by atoms with Gasteiger partial charge < -0.3 is 5.32 Å². The van der Waals surface area contributed by atoms with Gasteiger partial charge >= 0.3 is 0 Å². The first-order valence-corrected chi connectivity index (χ1v) is 6.55. The molecule has 1 aliphatic heterocycles. The molecule has 0 atom stereocenters. The topological polar surface area (TPSA) is 12.0 Å². The molecule has 0 amide bonds. The molecule has 1 heterocycles. The summed E-state index contributed by atoms with van der Waals surface area (Å²) >= 11 is 0. The summed E-state index contributed by atoms with van der Waals surface area (Å²) in [7, 11) is 0. The fourth-order valence-electron chi connectivity index (χ4n) is 1.92. The van der Waals surface area contributed by atoms with E-state index in [4.69, 9.17) is 0 Å². The lowest BCUT2D eigenvalue weighted by atomic mass is 9.92. The molecule has 1 saturated heterocycles. The zero-order chi connectivity index (χ0) is 12.0. The lowest BCUT2D eigenvalue weighted by Crippen LogP contribution is -2.39. The highest BCUT2D eigenvalue weighted by Gasteiger charge is 2.18. The Morgan fingerprint density at radius 1 is 1.12 bits per heavy atom. The number of rotatable bonds is 3. The molecular weight excluding hydrogens is 194 g/mol. The summed E-state index contributed by atoms with van der Waals surface area (Å²) in [5, 5.41) is 3.31. The molecule has 2 rings (SSSR count). The zero-order valence-electron chi connectivity index (χ0n) is 11.1. The van der Waals surface area contributed by atoms with E-state index in [1.165, 1.54) is 17.5 Å². The molecule has 90 valence electrons. The maximum Gasteiger partial charge on any atom is 0.00885 e.